The molecule has 0 saturated carbocycles. The number of methoxy groups -OCH3 is 1. The second-order valence-electron chi connectivity index (χ2n) is 4.89. The minimum atomic E-state index is -3.27. The average molecular weight is 292 g/mol. The van der Waals surface area contributed by atoms with E-state index in [2.05, 4.69) is 21.3 Å². The summed E-state index contributed by atoms with van der Waals surface area (Å²) >= 11 is 0. The Hall–Kier alpha value is -0.660. The molecule has 1 saturated heterocycles. The van der Waals surface area contributed by atoms with Gasteiger partial charge in [-0.25, -0.2) is 13.1 Å². The van der Waals surface area contributed by atoms with Crippen LogP contribution in [0.5, 0.6) is 0 Å². The van der Waals surface area contributed by atoms with Crippen molar-refractivity contribution in [1.82, 2.24) is 9.62 Å². The van der Waals surface area contributed by atoms with Crippen molar-refractivity contribution in [1.29, 1.82) is 0 Å². The average Bonchev–Trinajstić information content (AvgIpc) is 2.84. The number of nitrogens with zero attached hydrogens (tertiary/aromatic N) is 1. The highest BCUT2D eigenvalue weighted by Gasteiger charge is 2.22. The maximum Gasteiger partial charge on any atom is 0.305 e. The number of likely N-dealkylation sites (tertiary alicyclic amines) is 1. The molecule has 1 N–H and O–H groups in total. The molecule has 1 heterocycles. The van der Waals surface area contributed by atoms with Gasteiger partial charge in [-0.2, -0.15) is 0 Å². The fourth-order valence-electron chi connectivity index (χ4n) is 2.19. The fraction of sp³-hybridized carbons (Fsp3) is 0.917. The van der Waals surface area contributed by atoms with Crippen LogP contribution in [0, 0.1) is 5.92 Å². The summed E-state index contributed by atoms with van der Waals surface area (Å²) in [5.41, 5.74) is 0. The molecule has 0 amide bonds. The van der Waals surface area contributed by atoms with Crippen LogP contribution < -0.4 is 4.72 Å². The van der Waals surface area contributed by atoms with E-state index in [0.717, 1.165) is 26.1 Å². The molecule has 1 fully saturated rings. The van der Waals surface area contributed by atoms with E-state index >= 15 is 0 Å². The molecule has 1 atom stereocenters. The molecule has 0 aromatic heterocycles. The lowest BCUT2D eigenvalue weighted by Crippen LogP contribution is -2.32. The van der Waals surface area contributed by atoms with Crippen molar-refractivity contribution in [2.45, 2.75) is 26.2 Å². The molecule has 1 unspecified atom stereocenters. The van der Waals surface area contributed by atoms with Crippen LogP contribution in [0.25, 0.3) is 0 Å². The molecule has 0 spiro atoms. The zero-order valence-corrected chi connectivity index (χ0v) is 12.5. The Balaban J connectivity index is 2.22. The summed E-state index contributed by atoms with van der Waals surface area (Å²) in [5, 5.41) is 0. The molecule has 0 bridgehead atoms. The zero-order chi connectivity index (χ0) is 14.3. The quantitative estimate of drug-likeness (QED) is 0.647. The van der Waals surface area contributed by atoms with Crippen molar-refractivity contribution in [2.75, 3.05) is 39.0 Å². The number of hydrogen-bond donors (Lipinski definition) is 1. The first kappa shape index (κ1) is 16.4. The summed E-state index contributed by atoms with van der Waals surface area (Å²) in [6.07, 6.45) is 1.48. The normalized spacial score (nSPS) is 20.6. The van der Waals surface area contributed by atoms with Crippen LogP contribution in [-0.4, -0.2) is 58.3 Å². The lowest BCUT2D eigenvalue weighted by Gasteiger charge is -2.13. The predicted molar refractivity (Wildman–Crippen MR) is 73.3 cm³/mol. The minimum Gasteiger partial charge on any atom is -0.469 e. The topological polar surface area (TPSA) is 75.7 Å². The number of rotatable bonds is 8. The van der Waals surface area contributed by atoms with Crippen LogP contribution >= 0.6 is 0 Å². The first-order valence-corrected chi connectivity index (χ1v) is 8.38. The van der Waals surface area contributed by atoms with Gasteiger partial charge in [0.15, 0.2) is 0 Å². The monoisotopic (exact) mass is 292 g/mol. The van der Waals surface area contributed by atoms with Crippen molar-refractivity contribution in [3.63, 3.8) is 0 Å². The lowest BCUT2D eigenvalue weighted by molar-refractivity contribution is -0.140. The number of nitrogens with one attached hydrogen (secondary N) is 1. The Morgan fingerprint density at radius 3 is 2.79 bits per heavy atom. The second-order valence-corrected chi connectivity index (χ2v) is 6.82. The molecule has 1 aliphatic heterocycles. The van der Waals surface area contributed by atoms with Crippen LogP contribution in [0.2, 0.25) is 0 Å². The zero-order valence-electron chi connectivity index (χ0n) is 11.7. The van der Waals surface area contributed by atoms with Crippen LogP contribution in [0.15, 0.2) is 0 Å². The van der Waals surface area contributed by atoms with Gasteiger partial charge in [-0.3, -0.25) is 4.79 Å². The third-order valence-electron chi connectivity index (χ3n) is 3.43. The first-order chi connectivity index (χ1) is 8.96. The van der Waals surface area contributed by atoms with E-state index in [1.165, 1.54) is 7.11 Å². The summed E-state index contributed by atoms with van der Waals surface area (Å²) in [4.78, 5) is 13.2. The molecule has 7 heteroatoms. The Morgan fingerprint density at radius 2 is 2.21 bits per heavy atom. The van der Waals surface area contributed by atoms with E-state index in [4.69, 9.17) is 0 Å². The number of ether oxygens (including phenoxy) is 1. The molecule has 0 aromatic carbocycles. The Kier molecular flexibility index (Phi) is 6.74. The lowest BCUT2D eigenvalue weighted by atomic mass is 10.1. The van der Waals surface area contributed by atoms with Crippen molar-refractivity contribution in [3.8, 4) is 0 Å². The Labute approximate surface area is 115 Å². The minimum absolute atomic E-state index is 0.0215. The van der Waals surface area contributed by atoms with E-state index in [1.807, 2.05) is 0 Å². The van der Waals surface area contributed by atoms with E-state index < -0.39 is 10.0 Å². The largest absolute Gasteiger partial charge is 0.469 e. The van der Waals surface area contributed by atoms with E-state index in [1.54, 1.807) is 0 Å². The maximum atomic E-state index is 11.7. The van der Waals surface area contributed by atoms with Gasteiger partial charge in [-0.1, -0.05) is 6.92 Å². The molecule has 112 valence electrons. The van der Waals surface area contributed by atoms with Gasteiger partial charge in [-0.15, -0.1) is 0 Å². The molecular weight excluding hydrogens is 268 g/mol. The van der Waals surface area contributed by atoms with Crippen molar-refractivity contribution in [2.24, 2.45) is 5.92 Å². The molecule has 0 aliphatic carbocycles. The van der Waals surface area contributed by atoms with Gasteiger partial charge in [0.2, 0.25) is 10.0 Å². The first-order valence-electron chi connectivity index (χ1n) is 6.73. The van der Waals surface area contributed by atoms with E-state index in [0.29, 0.717) is 18.9 Å². The number of esters is 1. The highest BCUT2D eigenvalue weighted by molar-refractivity contribution is 7.89. The van der Waals surface area contributed by atoms with Gasteiger partial charge < -0.3 is 9.64 Å². The summed E-state index contributed by atoms with van der Waals surface area (Å²) in [6, 6.07) is 0. The maximum absolute atomic E-state index is 11.7. The van der Waals surface area contributed by atoms with Crippen molar-refractivity contribution >= 4 is 16.0 Å². The van der Waals surface area contributed by atoms with Gasteiger partial charge >= 0.3 is 5.97 Å². The summed E-state index contributed by atoms with van der Waals surface area (Å²) in [7, 11) is -1.97. The van der Waals surface area contributed by atoms with Crippen LogP contribution in [0.4, 0.5) is 0 Å². The third kappa shape index (κ3) is 6.35. The highest BCUT2D eigenvalue weighted by atomic mass is 32.2. The Morgan fingerprint density at radius 1 is 1.47 bits per heavy atom. The SMILES string of the molecule is CCN1CCC(CNS(=O)(=O)CCCC(=O)OC)C1. The Bertz CT molecular complexity index is 383. The molecule has 1 aliphatic rings. The van der Waals surface area contributed by atoms with Gasteiger partial charge in [0.25, 0.3) is 0 Å². The number of carbonyl (C=O) groups is 1. The van der Waals surface area contributed by atoms with Crippen molar-refractivity contribution < 1.29 is 17.9 Å². The van der Waals surface area contributed by atoms with Gasteiger partial charge in [0, 0.05) is 19.5 Å². The predicted octanol–water partition coefficient (Wildman–Crippen LogP) is 0.201. The summed E-state index contributed by atoms with van der Waals surface area (Å²) in [5.74, 6) is 0.00618. The summed E-state index contributed by atoms with van der Waals surface area (Å²) in [6.45, 7) is 5.63. The third-order valence-corrected chi connectivity index (χ3v) is 4.86. The standard InChI is InChI=1S/C12H24N2O4S/c1-3-14-7-6-11(10-14)9-13-19(16,17)8-4-5-12(15)18-2/h11,13H,3-10H2,1-2H3. The van der Waals surface area contributed by atoms with Crippen LogP contribution in [0.1, 0.15) is 26.2 Å². The van der Waals surface area contributed by atoms with Crippen molar-refractivity contribution in [3.05, 3.63) is 0 Å². The molecule has 19 heavy (non-hydrogen) atoms. The summed E-state index contributed by atoms with van der Waals surface area (Å²) < 4.78 is 30.6. The molecule has 0 radical (unpaired) electrons. The molecule has 1 rings (SSSR count). The highest BCUT2D eigenvalue weighted by Crippen LogP contribution is 2.14. The number of hydrogen-bond acceptors (Lipinski definition) is 5. The van der Waals surface area contributed by atoms with Gasteiger partial charge in [0.05, 0.1) is 12.9 Å². The molecule has 6 nitrogen and oxygen atoms in total. The molecule has 0 aromatic rings. The van der Waals surface area contributed by atoms with Crippen LogP contribution in [0.3, 0.4) is 0 Å². The van der Waals surface area contributed by atoms with E-state index in [9.17, 15) is 13.2 Å². The number of sulfonamides is 1. The van der Waals surface area contributed by atoms with Gasteiger partial charge in [0.1, 0.15) is 0 Å². The number of carbonyl (C=O) groups excluding carboxylic acids is 1. The smallest absolute Gasteiger partial charge is 0.305 e. The fourth-order valence-corrected chi connectivity index (χ4v) is 3.35. The second kappa shape index (κ2) is 7.81. The van der Waals surface area contributed by atoms with E-state index in [-0.39, 0.29) is 18.1 Å². The molecular formula is C12H24N2O4S. The van der Waals surface area contributed by atoms with Crippen LogP contribution in [-0.2, 0) is 19.6 Å². The van der Waals surface area contributed by atoms with Gasteiger partial charge in [-0.05, 0) is 31.8 Å².